The normalized spacial score (nSPS) is 11.5. The van der Waals surface area contributed by atoms with Gasteiger partial charge in [-0.05, 0) is 30.5 Å². The Morgan fingerprint density at radius 1 is 1.00 bits per heavy atom. The van der Waals surface area contributed by atoms with Gasteiger partial charge in [-0.2, -0.15) is 0 Å². The fourth-order valence-electron chi connectivity index (χ4n) is 1.91. The maximum absolute atomic E-state index is 9.74. The fraction of sp³-hybridized carbons (Fsp3) is 0.133. The highest BCUT2D eigenvalue weighted by atomic mass is 16.4. The largest absolute Gasteiger partial charge is 0.508 e. The van der Waals surface area contributed by atoms with Crippen LogP contribution in [-0.4, -0.2) is 21.1 Å². The molecule has 0 aromatic heterocycles. The maximum Gasteiger partial charge on any atom is 0.128 e. The third-order valence-corrected chi connectivity index (χ3v) is 2.91. The van der Waals surface area contributed by atoms with Crippen molar-refractivity contribution in [2.24, 2.45) is 5.16 Å². The zero-order chi connectivity index (χ0) is 13.7. The van der Waals surface area contributed by atoms with Gasteiger partial charge in [-0.15, -0.1) is 0 Å². The van der Waals surface area contributed by atoms with E-state index in [1.165, 1.54) is 18.2 Å². The molecule has 2 rings (SSSR count). The van der Waals surface area contributed by atoms with Crippen molar-refractivity contribution in [3.63, 3.8) is 0 Å². The molecule has 4 heteroatoms. The molecule has 2 aromatic rings. The van der Waals surface area contributed by atoms with E-state index in [0.717, 1.165) is 5.56 Å². The van der Waals surface area contributed by atoms with Crippen molar-refractivity contribution in [3.8, 4) is 11.5 Å². The molecule has 0 atom stereocenters. The summed E-state index contributed by atoms with van der Waals surface area (Å²) in [5.74, 6) is -0.123. The number of nitrogens with zero attached hydrogens (tertiary/aromatic N) is 1. The first-order valence-electron chi connectivity index (χ1n) is 5.98. The molecule has 4 nitrogen and oxygen atoms in total. The second-order valence-corrected chi connectivity index (χ2v) is 4.23. The van der Waals surface area contributed by atoms with Crippen molar-refractivity contribution >= 4 is 5.71 Å². The van der Waals surface area contributed by atoms with Crippen LogP contribution in [0.25, 0.3) is 0 Å². The Bertz CT molecular complexity index is 579. The minimum atomic E-state index is -0.0964. The lowest BCUT2D eigenvalue weighted by Gasteiger charge is -2.07. The second-order valence-electron chi connectivity index (χ2n) is 4.23. The molecule has 19 heavy (non-hydrogen) atoms. The summed E-state index contributed by atoms with van der Waals surface area (Å²) in [4.78, 5) is 0. The first kappa shape index (κ1) is 13.0. The second kappa shape index (κ2) is 5.91. The molecule has 0 spiro atoms. The number of aryl methyl sites for hydroxylation is 1. The molecule has 0 aliphatic heterocycles. The molecule has 0 fully saturated rings. The number of rotatable bonds is 4. The summed E-state index contributed by atoms with van der Waals surface area (Å²) in [6.45, 7) is 0. The molecule has 0 aliphatic rings. The van der Waals surface area contributed by atoms with Crippen LogP contribution in [0.4, 0.5) is 0 Å². The summed E-state index contributed by atoms with van der Waals surface area (Å²) < 4.78 is 0. The lowest BCUT2D eigenvalue weighted by Crippen LogP contribution is -2.03. The Morgan fingerprint density at radius 2 is 1.74 bits per heavy atom. The molecule has 2 aromatic carbocycles. The number of benzene rings is 2. The SMILES string of the molecule is O/N=C(\CCc1ccccc1)c1ccc(O)cc1O. The first-order chi connectivity index (χ1) is 9.20. The van der Waals surface area contributed by atoms with Crippen LogP contribution >= 0.6 is 0 Å². The summed E-state index contributed by atoms with van der Waals surface area (Å²) in [6, 6.07) is 14.0. The van der Waals surface area contributed by atoms with Crippen LogP contribution in [0.2, 0.25) is 0 Å². The van der Waals surface area contributed by atoms with E-state index in [9.17, 15) is 10.2 Å². The number of oxime groups is 1. The van der Waals surface area contributed by atoms with E-state index in [-0.39, 0.29) is 11.5 Å². The van der Waals surface area contributed by atoms with Gasteiger partial charge in [0.05, 0.1) is 5.71 Å². The Kier molecular flexibility index (Phi) is 4.03. The zero-order valence-electron chi connectivity index (χ0n) is 10.3. The number of phenols is 2. The number of aromatic hydroxyl groups is 2. The van der Waals surface area contributed by atoms with E-state index in [4.69, 9.17) is 5.21 Å². The van der Waals surface area contributed by atoms with Crippen LogP contribution < -0.4 is 0 Å². The topological polar surface area (TPSA) is 73.1 Å². The van der Waals surface area contributed by atoms with Crippen LogP contribution in [0.1, 0.15) is 17.5 Å². The van der Waals surface area contributed by atoms with E-state index in [0.29, 0.717) is 24.1 Å². The van der Waals surface area contributed by atoms with Crippen LogP contribution in [-0.2, 0) is 6.42 Å². The molecule has 3 N–H and O–H groups in total. The minimum Gasteiger partial charge on any atom is -0.508 e. The van der Waals surface area contributed by atoms with Crippen molar-refractivity contribution in [2.75, 3.05) is 0 Å². The van der Waals surface area contributed by atoms with Gasteiger partial charge in [0.25, 0.3) is 0 Å². The van der Waals surface area contributed by atoms with Crippen LogP contribution in [0.15, 0.2) is 53.7 Å². The molecule has 0 saturated heterocycles. The summed E-state index contributed by atoms with van der Waals surface area (Å²) in [5.41, 5.74) is 1.94. The van der Waals surface area contributed by atoms with Gasteiger partial charge in [0.15, 0.2) is 0 Å². The van der Waals surface area contributed by atoms with Crippen LogP contribution in [0, 0.1) is 0 Å². The quantitative estimate of drug-likeness (QED) is 0.448. The number of hydrogen-bond acceptors (Lipinski definition) is 4. The van der Waals surface area contributed by atoms with Crippen molar-refractivity contribution in [1.82, 2.24) is 0 Å². The zero-order valence-corrected chi connectivity index (χ0v) is 10.3. The van der Waals surface area contributed by atoms with E-state index in [2.05, 4.69) is 5.16 Å². The van der Waals surface area contributed by atoms with Crippen molar-refractivity contribution in [3.05, 3.63) is 59.7 Å². The Hall–Kier alpha value is -2.49. The highest BCUT2D eigenvalue weighted by molar-refractivity contribution is 6.02. The van der Waals surface area contributed by atoms with Gasteiger partial charge < -0.3 is 15.4 Å². The van der Waals surface area contributed by atoms with Crippen molar-refractivity contribution < 1.29 is 15.4 Å². The summed E-state index contributed by atoms with van der Waals surface area (Å²) in [6.07, 6.45) is 1.21. The Labute approximate surface area is 111 Å². The Morgan fingerprint density at radius 3 is 2.37 bits per heavy atom. The first-order valence-corrected chi connectivity index (χ1v) is 5.98. The standard InChI is InChI=1S/C15H15NO3/c17-12-7-8-13(15(18)10-12)14(16-19)9-6-11-4-2-1-3-5-11/h1-5,7-8,10,17-19H,6,9H2/b16-14+. The third kappa shape index (κ3) is 3.25. The summed E-state index contributed by atoms with van der Waals surface area (Å²) in [5, 5.41) is 31.3. The smallest absolute Gasteiger partial charge is 0.128 e. The highest BCUT2D eigenvalue weighted by Gasteiger charge is 2.10. The lowest BCUT2D eigenvalue weighted by atomic mass is 10.0. The van der Waals surface area contributed by atoms with Gasteiger partial charge in [0.1, 0.15) is 11.5 Å². The molecule has 0 saturated carbocycles. The molecule has 98 valence electrons. The van der Waals surface area contributed by atoms with Crippen LogP contribution in [0.5, 0.6) is 11.5 Å². The van der Waals surface area contributed by atoms with Gasteiger partial charge in [-0.1, -0.05) is 35.5 Å². The minimum absolute atomic E-state index is 0.0263. The fourth-order valence-corrected chi connectivity index (χ4v) is 1.91. The summed E-state index contributed by atoms with van der Waals surface area (Å²) >= 11 is 0. The molecule has 0 unspecified atom stereocenters. The third-order valence-electron chi connectivity index (χ3n) is 2.91. The number of hydrogen-bond donors (Lipinski definition) is 3. The lowest BCUT2D eigenvalue weighted by molar-refractivity contribution is 0.317. The van der Waals surface area contributed by atoms with E-state index in [1.807, 2.05) is 30.3 Å². The van der Waals surface area contributed by atoms with Gasteiger partial charge in [-0.3, -0.25) is 0 Å². The molecule has 0 aliphatic carbocycles. The maximum atomic E-state index is 9.74. The molecule has 0 amide bonds. The van der Waals surface area contributed by atoms with E-state index < -0.39 is 0 Å². The van der Waals surface area contributed by atoms with Crippen LogP contribution in [0.3, 0.4) is 0 Å². The molecule has 0 radical (unpaired) electrons. The van der Waals surface area contributed by atoms with Gasteiger partial charge in [0.2, 0.25) is 0 Å². The van der Waals surface area contributed by atoms with Crippen molar-refractivity contribution in [2.45, 2.75) is 12.8 Å². The average molecular weight is 257 g/mol. The van der Waals surface area contributed by atoms with E-state index >= 15 is 0 Å². The molecular weight excluding hydrogens is 242 g/mol. The van der Waals surface area contributed by atoms with Crippen molar-refractivity contribution in [1.29, 1.82) is 0 Å². The van der Waals surface area contributed by atoms with Gasteiger partial charge in [-0.25, -0.2) is 0 Å². The predicted molar refractivity (Wildman–Crippen MR) is 72.9 cm³/mol. The average Bonchev–Trinajstić information content (AvgIpc) is 2.42. The molecule has 0 bridgehead atoms. The molecule has 0 heterocycles. The monoisotopic (exact) mass is 257 g/mol. The Balaban J connectivity index is 2.13. The number of phenolic OH excluding ortho intramolecular Hbond substituents is 2. The van der Waals surface area contributed by atoms with Gasteiger partial charge >= 0.3 is 0 Å². The highest BCUT2D eigenvalue weighted by Crippen LogP contribution is 2.24. The molecular formula is C15H15NO3. The van der Waals surface area contributed by atoms with E-state index in [1.54, 1.807) is 0 Å². The summed E-state index contributed by atoms with van der Waals surface area (Å²) in [7, 11) is 0. The predicted octanol–water partition coefficient (Wildman–Crippen LogP) is 2.91. The van der Waals surface area contributed by atoms with Gasteiger partial charge in [0, 0.05) is 11.6 Å².